The van der Waals surface area contributed by atoms with Gasteiger partial charge in [0.25, 0.3) is 0 Å². The molecular formula is C51H31N3. The van der Waals surface area contributed by atoms with Crippen molar-refractivity contribution in [2.24, 2.45) is 0 Å². The maximum atomic E-state index is 5.48. The average molecular weight is 686 g/mol. The lowest BCUT2D eigenvalue weighted by Crippen LogP contribution is -1.97. The first-order valence-corrected chi connectivity index (χ1v) is 18.6. The van der Waals surface area contributed by atoms with Crippen LogP contribution in [0.25, 0.3) is 109 Å². The van der Waals surface area contributed by atoms with E-state index in [1.165, 1.54) is 81.3 Å². The Balaban J connectivity index is 1.18. The minimum Gasteiger partial charge on any atom is -0.309 e. The fourth-order valence-electron chi connectivity index (χ4n) is 9.19. The minimum atomic E-state index is 0.999. The number of aromatic nitrogens is 3. The quantitative estimate of drug-likeness (QED) is 0.170. The van der Waals surface area contributed by atoms with Crippen LogP contribution in [0.5, 0.6) is 0 Å². The van der Waals surface area contributed by atoms with E-state index in [0.29, 0.717) is 0 Å². The Morgan fingerprint density at radius 3 is 1.46 bits per heavy atom. The van der Waals surface area contributed by atoms with E-state index in [4.69, 9.17) is 4.98 Å². The highest BCUT2D eigenvalue weighted by Crippen LogP contribution is 2.44. The molecule has 12 aromatic rings. The van der Waals surface area contributed by atoms with E-state index in [9.17, 15) is 0 Å². The summed E-state index contributed by atoms with van der Waals surface area (Å²) < 4.78 is 4.85. The molecule has 0 bridgehead atoms. The fourth-order valence-corrected chi connectivity index (χ4v) is 9.19. The normalized spacial score (nSPS) is 12.1. The highest BCUT2D eigenvalue weighted by atomic mass is 15.0. The van der Waals surface area contributed by atoms with E-state index < -0.39 is 0 Å². The molecular weight excluding hydrogens is 655 g/mol. The molecule has 0 atom stereocenters. The van der Waals surface area contributed by atoms with E-state index in [1.807, 2.05) is 0 Å². The van der Waals surface area contributed by atoms with Crippen molar-refractivity contribution in [3.05, 3.63) is 188 Å². The standard InChI is InChI=1S/C51H31N3/c1-2-16-33(17-3-1)53-45-27-12-9-21-37(45)42-30-43-38-22-10-13-28-46(38)54(48(43)31-47(42)53)34-18-14-15-32(29-34)51-50-40-24-7-5-20-36(40)35-19-4-6-23-39(35)49(50)41-25-8-11-26-44(41)52-51/h1-31H. The van der Waals surface area contributed by atoms with Crippen molar-refractivity contribution in [1.82, 2.24) is 14.1 Å². The van der Waals surface area contributed by atoms with Crippen LogP contribution in [0.1, 0.15) is 0 Å². The summed E-state index contributed by atoms with van der Waals surface area (Å²) in [5.41, 5.74) is 10.1. The number of rotatable bonds is 3. The van der Waals surface area contributed by atoms with E-state index >= 15 is 0 Å². The van der Waals surface area contributed by atoms with Gasteiger partial charge in [-0.2, -0.15) is 0 Å². The predicted molar refractivity (Wildman–Crippen MR) is 228 cm³/mol. The van der Waals surface area contributed by atoms with Gasteiger partial charge in [0.1, 0.15) is 0 Å². The Labute approximate surface area is 310 Å². The van der Waals surface area contributed by atoms with Crippen molar-refractivity contribution in [2.75, 3.05) is 0 Å². The predicted octanol–water partition coefficient (Wildman–Crippen LogP) is 13.6. The Bertz CT molecular complexity index is 3500. The number of nitrogens with zero attached hydrogens (tertiary/aromatic N) is 3. The summed E-state index contributed by atoms with van der Waals surface area (Å²) in [6.07, 6.45) is 0. The van der Waals surface area contributed by atoms with Gasteiger partial charge in [-0.15, -0.1) is 0 Å². The maximum Gasteiger partial charge on any atom is 0.0795 e. The molecule has 0 aliphatic carbocycles. The number of benzene rings is 9. The zero-order valence-electron chi connectivity index (χ0n) is 29.2. The Hall–Kier alpha value is -7.23. The van der Waals surface area contributed by atoms with E-state index in [1.54, 1.807) is 0 Å². The second-order valence-corrected chi connectivity index (χ2v) is 14.3. The van der Waals surface area contributed by atoms with Gasteiger partial charge in [0.15, 0.2) is 0 Å². The summed E-state index contributed by atoms with van der Waals surface area (Å²) in [5.74, 6) is 0. The van der Waals surface area contributed by atoms with Gasteiger partial charge in [0.05, 0.1) is 33.3 Å². The van der Waals surface area contributed by atoms with E-state index in [-0.39, 0.29) is 0 Å². The van der Waals surface area contributed by atoms with Crippen LogP contribution >= 0.6 is 0 Å². The van der Waals surface area contributed by atoms with Crippen molar-refractivity contribution in [3.8, 4) is 22.6 Å². The van der Waals surface area contributed by atoms with Gasteiger partial charge < -0.3 is 9.13 Å². The molecule has 250 valence electrons. The number of pyridine rings is 1. The molecule has 0 saturated carbocycles. The second kappa shape index (κ2) is 11.1. The first-order chi connectivity index (χ1) is 26.8. The van der Waals surface area contributed by atoms with Gasteiger partial charge in [-0.05, 0) is 76.1 Å². The maximum absolute atomic E-state index is 5.48. The zero-order chi connectivity index (χ0) is 35.3. The van der Waals surface area contributed by atoms with Gasteiger partial charge in [-0.3, -0.25) is 0 Å². The van der Waals surface area contributed by atoms with Gasteiger partial charge >= 0.3 is 0 Å². The number of hydrogen-bond acceptors (Lipinski definition) is 1. The van der Waals surface area contributed by atoms with Gasteiger partial charge in [0.2, 0.25) is 0 Å². The van der Waals surface area contributed by atoms with Crippen LogP contribution in [0.4, 0.5) is 0 Å². The largest absolute Gasteiger partial charge is 0.309 e. The topological polar surface area (TPSA) is 22.8 Å². The molecule has 12 rings (SSSR count). The Morgan fingerprint density at radius 2 is 0.796 bits per heavy atom. The molecule has 0 spiro atoms. The lowest BCUT2D eigenvalue weighted by molar-refractivity contribution is 1.16. The summed E-state index contributed by atoms with van der Waals surface area (Å²) in [4.78, 5) is 5.48. The number of fused-ring (bicyclic) bond motifs is 14. The molecule has 3 aromatic heterocycles. The van der Waals surface area contributed by atoms with Crippen LogP contribution in [0.3, 0.4) is 0 Å². The summed E-state index contributed by atoms with van der Waals surface area (Å²) in [7, 11) is 0. The molecule has 0 unspecified atom stereocenters. The van der Waals surface area contributed by atoms with Crippen molar-refractivity contribution in [1.29, 1.82) is 0 Å². The van der Waals surface area contributed by atoms with Crippen LogP contribution in [0, 0.1) is 0 Å². The van der Waals surface area contributed by atoms with Crippen molar-refractivity contribution in [2.45, 2.75) is 0 Å². The molecule has 0 saturated heterocycles. The number of hydrogen-bond donors (Lipinski definition) is 0. The van der Waals surface area contributed by atoms with Crippen molar-refractivity contribution >= 4 is 86.8 Å². The average Bonchev–Trinajstić information content (AvgIpc) is 3.74. The summed E-state index contributed by atoms with van der Waals surface area (Å²) in [6.45, 7) is 0. The van der Waals surface area contributed by atoms with Crippen molar-refractivity contribution in [3.63, 3.8) is 0 Å². The lowest BCUT2D eigenvalue weighted by Gasteiger charge is -2.17. The monoisotopic (exact) mass is 685 g/mol. The molecule has 0 N–H and O–H groups in total. The molecule has 54 heavy (non-hydrogen) atoms. The SMILES string of the molecule is c1ccc(-n2c3ccccc3c3cc4c5ccccc5n(-c5cccc(-c6nc7ccccc7c7c8ccccc8c8ccccc8c67)c5)c4cc32)cc1. The molecule has 0 aliphatic rings. The second-order valence-electron chi connectivity index (χ2n) is 14.3. The van der Waals surface area contributed by atoms with Gasteiger partial charge in [0, 0.05) is 54.6 Å². The van der Waals surface area contributed by atoms with E-state index in [0.717, 1.165) is 28.1 Å². The molecule has 0 radical (unpaired) electrons. The Morgan fingerprint density at radius 1 is 0.296 bits per heavy atom. The molecule has 3 heterocycles. The third kappa shape index (κ3) is 4.04. The third-order valence-electron chi connectivity index (χ3n) is 11.4. The third-order valence-corrected chi connectivity index (χ3v) is 11.4. The summed E-state index contributed by atoms with van der Waals surface area (Å²) >= 11 is 0. The zero-order valence-corrected chi connectivity index (χ0v) is 29.2. The highest BCUT2D eigenvalue weighted by molar-refractivity contribution is 6.33. The van der Waals surface area contributed by atoms with Gasteiger partial charge in [-0.25, -0.2) is 4.98 Å². The van der Waals surface area contributed by atoms with Crippen LogP contribution in [-0.4, -0.2) is 14.1 Å². The number of para-hydroxylation sites is 4. The molecule has 0 aliphatic heterocycles. The molecule has 3 heteroatoms. The first kappa shape index (κ1) is 29.4. The van der Waals surface area contributed by atoms with Crippen LogP contribution in [-0.2, 0) is 0 Å². The summed E-state index contributed by atoms with van der Waals surface area (Å²) in [6, 6.07) is 68.3. The minimum absolute atomic E-state index is 0.999. The van der Waals surface area contributed by atoms with E-state index in [2.05, 4.69) is 197 Å². The molecule has 9 aromatic carbocycles. The van der Waals surface area contributed by atoms with Crippen LogP contribution < -0.4 is 0 Å². The molecule has 0 amide bonds. The smallest absolute Gasteiger partial charge is 0.0795 e. The molecule has 0 fully saturated rings. The highest BCUT2D eigenvalue weighted by Gasteiger charge is 2.21. The first-order valence-electron chi connectivity index (χ1n) is 18.6. The molecule has 3 nitrogen and oxygen atoms in total. The Kier molecular flexibility index (Phi) is 6.05. The lowest BCUT2D eigenvalue weighted by atomic mass is 9.90. The van der Waals surface area contributed by atoms with Gasteiger partial charge in [-0.1, -0.05) is 133 Å². The fraction of sp³-hybridized carbons (Fsp3) is 0. The summed E-state index contributed by atoms with van der Waals surface area (Å²) in [5, 5.41) is 13.6. The van der Waals surface area contributed by atoms with Crippen LogP contribution in [0.2, 0.25) is 0 Å². The van der Waals surface area contributed by atoms with Crippen LogP contribution in [0.15, 0.2) is 188 Å². The van der Waals surface area contributed by atoms with Crippen molar-refractivity contribution < 1.29 is 0 Å².